The third kappa shape index (κ3) is 4.58. The standard InChI is InChI=1S/C20H20FN5O3.ClH/c1-12(24-15-8-14(21)9-22-10-15)16-6-13(20(27)28)7-17-19(16)25-18(11-23-17)26-2-4-29-5-3-26;/h6-12,24H,2-5H2,1H3,(H,27,28);1H. The number of pyridine rings is 1. The van der Waals surface area contributed by atoms with Gasteiger partial charge in [0.2, 0.25) is 0 Å². The van der Waals surface area contributed by atoms with Crippen molar-refractivity contribution in [1.29, 1.82) is 0 Å². The van der Waals surface area contributed by atoms with E-state index in [1.807, 2.05) is 6.92 Å². The highest BCUT2D eigenvalue weighted by atomic mass is 35.5. The maximum atomic E-state index is 13.5. The Balaban J connectivity index is 0.00000256. The minimum atomic E-state index is -1.05. The number of carboxylic acid groups (broad SMARTS) is 1. The monoisotopic (exact) mass is 433 g/mol. The minimum absolute atomic E-state index is 0. The van der Waals surface area contributed by atoms with E-state index in [2.05, 4.69) is 20.2 Å². The van der Waals surface area contributed by atoms with Crippen LogP contribution in [-0.2, 0) is 4.74 Å². The number of nitrogens with zero attached hydrogens (tertiary/aromatic N) is 4. The highest BCUT2D eigenvalue weighted by Gasteiger charge is 2.19. The lowest BCUT2D eigenvalue weighted by Gasteiger charge is -2.28. The third-order valence-electron chi connectivity index (χ3n) is 4.80. The van der Waals surface area contributed by atoms with Crippen LogP contribution in [0.3, 0.4) is 0 Å². The third-order valence-corrected chi connectivity index (χ3v) is 4.80. The lowest BCUT2D eigenvalue weighted by atomic mass is 10.0. The summed E-state index contributed by atoms with van der Waals surface area (Å²) in [7, 11) is 0. The van der Waals surface area contributed by atoms with Crippen LogP contribution in [0.15, 0.2) is 36.8 Å². The number of aromatic nitrogens is 3. The molecule has 8 nitrogen and oxygen atoms in total. The van der Waals surface area contributed by atoms with E-state index in [-0.39, 0.29) is 24.0 Å². The maximum Gasteiger partial charge on any atom is 0.335 e. The Morgan fingerprint density at radius 2 is 2.00 bits per heavy atom. The van der Waals surface area contributed by atoms with E-state index >= 15 is 0 Å². The first-order valence-corrected chi connectivity index (χ1v) is 9.25. The van der Waals surface area contributed by atoms with Crippen molar-refractivity contribution in [3.8, 4) is 0 Å². The number of ether oxygens (including phenoxy) is 1. The van der Waals surface area contributed by atoms with Gasteiger partial charge in [-0.25, -0.2) is 14.2 Å². The van der Waals surface area contributed by atoms with Gasteiger partial charge in [0.25, 0.3) is 0 Å². The smallest absolute Gasteiger partial charge is 0.335 e. The van der Waals surface area contributed by atoms with E-state index in [9.17, 15) is 14.3 Å². The molecule has 0 saturated carbocycles. The average Bonchev–Trinajstić information content (AvgIpc) is 2.73. The number of hydrogen-bond donors (Lipinski definition) is 2. The summed E-state index contributed by atoms with van der Waals surface area (Å²) < 4.78 is 18.9. The largest absolute Gasteiger partial charge is 0.478 e. The molecule has 0 bridgehead atoms. The Morgan fingerprint density at radius 3 is 2.70 bits per heavy atom. The lowest BCUT2D eigenvalue weighted by molar-refractivity contribution is 0.0697. The van der Waals surface area contributed by atoms with Crippen molar-refractivity contribution < 1.29 is 19.0 Å². The number of benzene rings is 1. The number of hydrogen-bond acceptors (Lipinski definition) is 7. The molecule has 4 rings (SSSR count). The zero-order chi connectivity index (χ0) is 20.4. The Hall–Kier alpha value is -3.04. The molecule has 2 aromatic heterocycles. The molecule has 158 valence electrons. The first-order valence-electron chi connectivity index (χ1n) is 9.25. The van der Waals surface area contributed by atoms with Crippen LogP contribution in [0.2, 0.25) is 0 Å². The zero-order valence-corrected chi connectivity index (χ0v) is 17.0. The highest BCUT2D eigenvalue weighted by Crippen LogP contribution is 2.28. The molecular weight excluding hydrogens is 413 g/mol. The van der Waals surface area contributed by atoms with Crippen molar-refractivity contribution in [1.82, 2.24) is 15.0 Å². The number of morpholine rings is 1. The summed E-state index contributed by atoms with van der Waals surface area (Å²) in [4.78, 5) is 26.7. The molecule has 1 aliphatic rings. The molecule has 1 aliphatic heterocycles. The van der Waals surface area contributed by atoms with E-state index in [0.29, 0.717) is 54.4 Å². The summed E-state index contributed by atoms with van der Waals surface area (Å²) in [6.45, 7) is 4.52. The van der Waals surface area contributed by atoms with Gasteiger partial charge in [-0.05, 0) is 19.1 Å². The van der Waals surface area contributed by atoms with Crippen LogP contribution in [0.25, 0.3) is 11.0 Å². The van der Waals surface area contributed by atoms with Crippen molar-refractivity contribution >= 4 is 40.9 Å². The van der Waals surface area contributed by atoms with Crippen LogP contribution in [0, 0.1) is 5.82 Å². The van der Waals surface area contributed by atoms with Crippen molar-refractivity contribution in [2.24, 2.45) is 0 Å². The molecule has 3 heterocycles. The zero-order valence-electron chi connectivity index (χ0n) is 16.2. The van der Waals surface area contributed by atoms with Crippen LogP contribution >= 0.6 is 12.4 Å². The van der Waals surface area contributed by atoms with Crippen molar-refractivity contribution in [2.75, 3.05) is 36.5 Å². The number of fused-ring (bicyclic) bond motifs is 1. The van der Waals surface area contributed by atoms with Gasteiger partial charge in [0.15, 0.2) is 0 Å². The molecule has 0 amide bonds. The Bertz CT molecular complexity index is 1060. The number of rotatable bonds is 5. The second kappa shape index (κ2) is 9.19. The number of carbonyl (C=O) groups is 1. The van der Waals surface area contributed by atoms with E-state index in [1.54, 1.807) is 12.3 Å². The van der Waals surface area contributed by atoms with Crippen LogP contribution in [0.1, 0.15) is 28.9 Å². The SMILES string of the molecule is CC(Nc1cncc(F)c1)c1cc(C(=O)O)cc2ncc(N3CCOCC3)nc12.Cl. The van der Waals surface area contributed by atoms with Gasteiger partial charge in [0, 0.05) is 24.7 Å². The van der Waals surface area contributed by atoms with Gasteiger partial charge < -0.3 is 20.1 Å². The number of halogens is 2. The van der Waals surface area contributed by atoms with Crippen molar-refractivity contribution in [2.45, 2.75) is 13.0 Å². The van der Waals surface area contributed by atoms with Crippen LogP contribution in [0.4, 0.5) is 15.9 Å². The van der Waals surface area contributed by atoms with Crippen LogP contribution in [-0.4, -0.2) is 52.3 Å². The van der Waals surface area contributed by atoms with E-state index in [0.717, 1.165) is 6.20 Å². The summed E-state index contributed by atoms with van der Waals surface area (Å²) >= 11 is 0. The molecule has 1 unspecified atom stereocenters. The fraction of sp³-hybridized carbons (Fsp3) is 0.300. The molecular formula is C20H21ClFN5O3. The van der Waals surface area contributed by atoms with Crippen molar-refractivity contribution in [3.05, 3.63) is 53.7 Å². The molecule has 1 fully saturated rings. The van der Waals surface area contributed by atoms with Gasteiger partial charge in [-0.2, -0.15) is 0 Å². The van der Waals surface area contributed by atoms with Gasteiger partial charge in [-0.1, -0.05) is 0 Å². The molecule has 0 radical (unpaired) electrons. The number of aromatic carboxylic acids is 1. The first kappa shape index (κ1) is 21.7. The first-order chi connectivity index (χ1) is 14.0. The molecule has 3 aromatic rings. The topological polar surface area (TPSA) is 100 Å². The lowest BCUT2D eigenvalue weighted by Crippen LogP contribution is -2.36. The highest BCUT2D eigenvalue weighted by molar-refractivity contribution is 5.94. The molecule has 30 heavy (non-hydrogen) atoms. The molecule has 2 N–H and O–H groups in total. The van der Waals surface area contributed by atoms with Gasteiger partial charge in [-0.15, -0.1) is 12.4 Å². The average molecular weight is 434 g/mol. The summed E-state index contributed by atoms with van der Waals surface area (Å²) in [5, 5.41) is 12.6. The Morgan fingerprint density at radius 1 is 1.23 bits per heavy atom. The summed E-state index contributed by atoms with van der Waals surface area (Å²) in [6.07, 6.45) is 4.28. The van der Waals surface area contributed by atoms with Crippen LogP contribution in [0.5, 0.6) is 0 Å². The Kier molecular flexibility index (Phi) is 6.63. The summed E-state index contributed by atoms with van der Waals surface area (Å²) in [5.41, 5.74) is 2.36. The molecule has 1 aromatic carbocycles. The van der Waals surface area contributed by atoms with Gasteiger partial charge in [-0.3, -0.25) is 9.97 Å². The second-order valence-electron chi connectivity index (χ2n) is 6.82. The van der Waals surface area contributed by atoms with Gasteiger partial charge in [0.1, 0.15) is 11.6 Å². The number of anilines is 2. The fourth-order valence-corrected chi connectivity index (χ4v) is 3.35. The quantitative estimate of drug-likeness (QED) is 0.632. The normalized spacial score (nSPS) is 14.8. The van der Waals surface area contributed by atoms with Crippen LogP contribution < -0.4 is 10.2 Å². The predicted molar refractivity (Wildman–Crippen MR) is 113 cm³/mol. The molecule has 10 heteroatoms. The van der Waals surface area contributed by atoms with Gasteiger partial charge in [0.05, 0.1) is 60.1 Å². The Labute approximate surface area is 178 Å². The molecule has 0 aliphatic carbocycles. The minimum Gasteiger partial charge on any atom is -0.478 e. The fourth-order valence-electron chi connectivity index (χ4n) is 3.35. The van der Waals surface area contributed by atoms with E-state index in [1.165, 1.54) is 18.3 Å². The predicted octanol–water partition coefficient (Wildman–Crippen LogP) is 3.29. The summed E-state index contributed by atoms with van der Waals surface area (Å²) in [6, 6.07) is 4.06. The van der Waals surface area contributed by atoms with Crippen molar-refractivity contribution in [3.63, 3.8) is 0 Å². The molecule has 1 saturated heterocycles. The van der Waals surface area contributed by atoms with Gasteiger partial charge >= 0.3 is 5.97 Å². The van der Waals surface area contributed by atoms with E-state index < -0.39 is 11.8 Å². The number of carboxylic acids is 1. The molecule has 0 spiro atoms. The van der Waals surface area contributed by atoms with E-state index in [4.69, 9.17) is 9.72 Å². The second-order valence-corrected chi connectivity index (χ2v) is 6.82. The maximum absolute atomic E-state index is 13.5. The number of nitrogens with one attached hydrogen (secondary N) is 1. The molecule has 1 atom stereocenters. The summed E-state index contributed by atoms with van der Waals surface area (Å²) in [5.74, 6) is -0.794.